The second-order valence-corrected chi connectivity index (χ2v) is 5.17. The quantitative estimate of drug-likeness (QED) is 0.759. The third-order valence-corrected chi connectivity index (χ3v) is 3.46. The van der Waals surface area contributed by atoms with Crippen LogP contribution in [-0.2, 0) is 16.1 Å². The molecule has 0 saturated heterocycles. The molecular formula is C13H9Cl2F3N2O4. The third kappa shape index (κ3) is 4.31. The van der Waals surface area contributed by atoms with E-state index in [0.29, 0.717) is 0 Å². The van der Waals surface area contributed by atoms with E-state index in [9.17, 15) is 18.0 Å². The highest BCUT2D eigenvalue weighted by atomic mass is 35.5. The van der Waals surface area contributed by atoms with Crippen molar-refractivity contribution in [2.75, 3.05) is 6.61 Å². The molecule has 1 heterocycles. The SMILES string of the molecule is O=C(O)COc1cc(-c2n[nH]c(COC(F)F)c2Cl)c(F)cc1Cl. The third-order valence-electron chi connectivity index (χ3n) is 2.76. The molecule has 2 aromatic rings. The first kappa shape index (κ1) is 18.4. The van der Waals surface area contributed by atoms with Crippen LogP contribution in [0.3, 0.4) is 0 Å². The van der Waals surface area contributed by atoms with Crippen LogP contribution in [0.1, 0.15) is 5.69 Å². The summed E-state index contributed by atoms with van der Waals surface area (Å²) in [6.07, 6.45) is 0. The van der Waals surface area contributed by atoms with Crippen LogP contribution < -0.4 is 4.74 Å². The van der Waals surface area contributed by atoms with Gasteiger partial charge in [0.1, 0.15) is 17.3 Å². The highest BCUT2D eigenvalue weighted by molar-refractivity contribution is 6.34. The van der Waals surface area contributed by atoms with Gasteiger partial charge in [0.2, 0.25) is 0 Å². The van der Waals surface area contributed by atoms with Crippen molar-refractivity contribution in [1.29, 1.82) is 0 Å². The van der Waals surface area contributed by atoms with Crippen LogP contribution in [-0.4, -0.2) is 34.5 Å². The van der Waals surface area contributed by atoms with Crippen molar-refractivity contribution in [3.63, 3.8) is 0 Å². The Morgan fingerprint density at radius 3 is 2.71 bits per heavy atom. The Morgan fingerprint density at radius 2 is 2.08 bits per heavy atom. The van der Waals surface area contributed by atoms with Crippen LogP contribution in [0.2, 0.25) is 10.0 Å². The van der Waals surface area contributed by atoms with E-state index in [1.54, 1.807) is 0 Å². The highest BCUT2D eigenvalue weighted by Gasteiger charge is 2.20. The lowest BCUT2D eigenvalue weighted by Crippen LogP contribution is -2.09. The largest absolute Gasteiger partial charge is 0.480 e. The molecule has 0 atom stereocenters. The van der Waals surface area contributed by atoms with Gasteiger partial charge in [-0.3, -0.25) is 5.10 Å². The number of carboxylic acid groups (broad SMARTS) is 1. The van der Waals surface area contributed by atoms with E-state index in [1.165, 1.54) is 0 Å². The van der Waals surface area contributed by atoms with E-state index >= 15 is 0 Å². The van der Waals surface area contributed by atoms with Crippen molar-refractivity contribution >= 4 is 29.2 Å². The number of alkyl halides is 2. The molecule has 11 heteroatoms. The first-order valence-corrected chi connectivity index (χ1v) is 7.01. The number of aromatic nitrogens is 2. The van der Waals surface area contributed by atoms with E-state index in [-0.39, 0.29) is 32.7 Å². The van der Waals surface area contributed by atoms with Gasteiger partial charge in [-0.25, -0.2) is 9.18 Å². The van der Waals surface area contributed by atoms with Gasteiger partial charge in [-0.05, 0) is 12.1 Å². The summed E-state index contributed by atoms with van der Waals surface area (Å²) >= 11 is 11.8. The molecular weight excluding hydrogens is 376 g/mol. The molecule has 1 aromatic carbocycles. The van der Waals surface area contributed by atoms with Gasteiger partial charge in [0.05, 0.1) is 22.3 Å². The molecule has 0 fully saturated rings. The lowest BCUT2D eigenvalue weighted by molar-refractivity contribution is -0.139. The molecule has 0 unspecified atom stereocenters. The summed E-state index contributed by atoms with van der Waals surface area (Å²) in [5.41, 5.74) is -0.211. The summed E-state index contributed by atoms with van der Waals surface area (Å²) in [6.45, 7) is -4.25. The summed E-state index contributed by atoms with van der Waals surface area (Å²) in [4.78, 5) is 10.5. The Labute approximate surface area is 143 Å². The van der Waals surface area contributed by atoms with Crippen LogP contribution in [0, 0.1) is 5.82 Å². The van der Waals surface area contributed by atoms with E-state index < -0.39 is 31.6 Å². The van der Waals surface area contributed by atoms with Crippen molar-refractivity contribution in [3.05, 3.63) is 33.7 Å². The minimum absolute atomic E-state index is 0.0225. The Kier molecular flexibility index (Phi) is 5.92. The average molecular weight is 385 g/mol. The predicted octanol–water partition coefficient (Wildman–Crippen LogP) is 3.73. The fraction of sp³-hybridized carbons (Fsp3) is 0.231. The number of rotatable bonds is 7. The number of halogens is 5. The summed E-state index contributed by atoms with van der Waals surface area (Å²) in [5.74, 6) is -2.15. The lowest BCUT2D eigenvalue weighted by atomic mass is 10.1. The maximum atomic E-state index is 14.1. The number of ether oxygens (including phenoxy) is 2. The summed E-state index contributed by atoms with van der Waals surface area (Å²) in [6, 6.07) is 2.01. The van der Waals surface area contributed by atoms with Gasteiger partial charge in [-0.15, -0.1) is 0 Å². The van der Waals surface area contributed by atoms with Crippen molar-refractivity contribution in [2.45, 2.75) is 13.2 Å². The van der Waals surface area contributed by atoms with E-state index in [0.717, 1.165) is 12.1 Å². The van der Waals surface area contributed by atoms with Crippen molar-refractivity contribution in [2.24, 2.45) is 0 Å². The molecule has 24 heavy (non-hydrogen) atoms. The van der Waals surface area contributed by atoms with Crippen molar-refractivity contribution in [3.8, 4) is 17.0 Å². The van der Waals surface area contributed by atoms with Gasteiger partial charge < -0.3 is 14.6 Å². The molecule has 0 bridgehead atoms. The lowest BCUT2D eigenvalue weighted by Gasteiger charge is -2.09. The van der Waals surface area contributed by atoms with Crippen molar-refractivity contribution < 1.29 is 32.5 Å². The van der Waals surface area contributed by atoms with Crippen LogP contribution in [0.15, 0.2) is 12.1 Å². The number of hydrogen-bond donors (Lipinski definition) is 2. The molecule has 0 spiro atoms. The molecule has 2 rings (SSSR count). The predicted molar refractivity (Wildman–Crippen MR) is 77.9 cm³/mol. The molecule has 6 nitrogen and oxygen atoms in total. The second-order valence-electron chi connectivity index (χ2n) is 4.38. The van der Waals surface area contributed by atoms with Gasteiger partial charge in [-0.1, -0.05) is 23.2 Å². The molecule has 0 saturated carbocycles. The fourth-order valence-electron chi connectivity index (χ4n) is 1.75. The molecule has 1 aromatic heterocycles. The standard InChI is InChI=1S/C13H9Cl2F3N2O4/c14-6-2-7(16)5(1-9(6)23-4-10(21)22)12-11(15)8(19-20-12)3-24-13(17)18/h1-2,13H,3-4H2,(H,19,20)(H,21,22). The maximum absolute atomic E-state index is 14.1. The second kappa shape index (κ2) is 7.73. The van der Waals surface area contributed by atoms with Crippen LogP contribution in [0.4, 0.5) is 13.2 Å². The first-order chi connectivity index (χ1) is 11.3. The zero-order valence-corrected chi connectivity index (χ0v) is 13.2. The van der Waals surface area contributed by atoms with Crippen LogP contribution in [0.25, 0.3) is 11.3 Å². The van der Waals surface area contributed by atoms with Crippen LogP contribution >= 0.6 is 23.2 Å². The van der Waals surface area contributed by atoms with E-state index in [1.807, 2.05) is 0 Å². The molecule has 0 amide bonds. The molecule has 0 aliphatic heterocycles. The monoisotopic (exact) mass is 384 g/mol. The average Bonchev–Trinajstić information content (AvgIpc) is 2.85. The number of carbonyl (C=O) groups is 1. The maximum Gasteiger partial charge on any atom is 0.345 e. The number of carboxylic acids is 1. The Morgan fingerprint density at radius 1 is 1.38 bits per heavy atom. The van der Waals surface area contributed by atoms with Crippen LogP contribution in [0.5, 0.6) is 5.75 Å². The number of aromatic amines is 1. The van der Waals surface area contributed by atoms with E-state index in [2.05, 4.69) is 14.9 Å². The van der Waals surface area contributed by atoms with Gasteiger partial charge in [0, 0.05) is 5.56 Å². The summed E-state index contributed by atoms with van der Waals surface area (Å²) in [7, 11) is 0. The van der Waals surface area contributed by atoms with Gasteiger partial charge in [0.15, 0.2) is 6.61 Å². The van der Waals surface area contributed by atoms with E-state index in [4.69, 9.17) is 33.0 Å². The fourth-order valence-corrected chi connectivity index (χ4v) is 2.19. The molecule has 0 radical (unpaired) electrons. The number of nitrogens with zero attached hydrogens (tertiary/aromatic N) is 1. The zero-order valence-electron chi connectivity index (χ0n) is 11.7. The normalized spacial score (nSPS) is 11.1. The topological polar surface area (TPSA) is 84.4 Å². The Balaban J connectivity index is 2.34. The zero-order chi connectivity index (χ0) is 17.9. The highest BCUT2D eigenvalue weighted by Crippen LogP contribution is 2.36. The number of benzene rings is 1. The minimum Gasteiger partial charge on any atom is -0.480 e. The summed E-state index contributed by atoms with van der Waals surface area (Å²) in [5, 5.41) is 14.4. The molecule has 0 aliphatic rings. The van der Waals surface area contributed by atoms with Crippen molar-refractivity contribution in [1.82, 2.24) is 10.2 Å². The van der Waals surface area contributed by atoms with Gasteiger partial charge in [-0.2, -0.15) is 13.9 Å². The molecule has 130 valence electrons. The van der Waals surface area contributed by atoms with Gasteiger partial charge in [0.25, 0.3) is 0 Å². The number of nitrogens with one attached hydrogen (secondary N) is 1. The number of hydrogen-bond acceptors (Lipinski definition) is 4. The molecule has 2 N–H and O–H groups in total. The number of aliphatic carboxylic acids is 1. The number of H-pyrrole nitrogens is 1. The van der Waals surface area contributed by atoms with Gasteiger partial charge >= 0.3 is 12.6 Å². The molecule has 0 aliphatic carbocycles. The Bertz CT molecular complexity index is 755. The first-order valence-electron chi connectivity index (χ1n) is 6.26. The Hall–Kier alpha value is -1.97. The smallest absolute Gasteiger partial charge is 0.345 e. The summed E-state index contributed by atoms with van der Waals surface area (Å²) < 4.78 is 47.2. The minimum atomic E-state index is -3.00.